The largest absolute Gasteiger partial charge is 0.435 e. The molecule has 3 rings (SSSR count). The molecule has 0 spiro atoms. The number of aryl methyl sites for hydroxylation is 2. The van der Waals surface area contributed by atoms with E-state index in [0.29, 0.717) is 18.4 Å². The number of benzene rings is 2. The maximum atomic E-state index is 13.5. The van der Waals surface area contributed by atoms with Crippen LogP contribution >= 0.6 is 0 Å². The molecule has 6 heteroatoms. The molecule has 0 aliphatic carbocycles. The lowest BCUT2D eigenvalue weighted by molar-refractivity contribution is -0.143. The van der Waals surface area contributed by atoms with Crippen LogP contribution in [0.1, 0.15) is 17.7 Å². The van der Waals surface area contributed by atoms with E-state index in [1.807, 2.05) is 30.3 Å². The number of halogens is 3. The third kappa shape index (κ3) is 3.64. The number of alkyl halides is 3. The second kappa shape index (κ2) is 6.86. The number of rotatable bonds is 5. The van der Waals surface area contributed by atoms with Crippen LogP contribution in [0.15, 0.2) is 60.7 Å². The van der Waals surface area contributed by atoms with Gasteiger partial charge in [0.25, 0.3) is 0 Å². The highest BCUT2D eigenvalue weighted by Crippen LogP contribution is 2.35. The summed E-state index contributed by atoms with van der Waals surface area (Å²) in [7, 11) is 0. The maximum absolute atomic E-state index is 13.5. The third-order valence-corrected chi connectivity index (χ3v) is 3.73. The molecule has 0 aliphatic heterocycles. The Morgan fingerprint density at radius 1 is 0.875 bits per heavy atom. The predicted molar refractivity (Wildman–Crippen MR) is 85.2 cm³/mol. The van der Waals surface area contributed by atoms with Crippen molar-refractivity contribution in [3.8, 4) is 11.3 Å². The van der Waals surface area contributed by atoms with Gasteiger partial charge in [0.2, 0.25) is 0 Å². The summed E-state index contributed by atoms with van der Waals surface area (Å²) >= 11 is 0. The van der Waals surface area contributed by atoms with E-state index in [9.17, 15) is 13.2 Å². The molecule has 3 nitrogen and oxygen atoms in total. The first-order chi connectivity index (χ1) is 11.6. The van der Waals surface area contributed by atoms with E-state index in [4.69, 9.17) is 0 Å². The molecule has 0 bridgehead atoms. The van der Waals surface area contributed by atoms with E-state index in [1.165, 1.54) is 0 Å². The summed E-state index contributed by atoms with van der Waals surface area (Å²) in [5.41, 5.74) is 0.596. The minimum atomic E-state index is -4.50. The van der Waals surface area contributed by atoms with Crippen LogP contribution in [-0.2, 0) is 19.1 Å². The second-order valence-corrected chi connectivity index (χ2v) is 5.46. The maximum Gasteiger partial charge on any atom is 0.435 e. The Morgan fingerprint density at radius 3 is 2.12 bits per heavy atom. The molecule has 0 atom stereocenters. The van der Waals surface area contributed by atoms with E-state index in [0.717, 1.165) is 10.2 Å². The average Bonchev–Trinajstić information content (AvgIpc) is 3.01. The summed E-state index contributed by atoms with van der Waals surface area (Å²) in [4.78, 5) is 0. The first-order valence-electron chi connectivity index (χ1n) is 7.66. The van der Waals surface area contributed by atoms with Gasteiger partial charge in [-0.05, 0) is 18.4 Å². The lowest BCUT2D eigenvalue weighted by atomic mass is 10.1. The molecular weight excluding hydrogens is 315 g/mol. The van der Waals surface area contributed by atoms with Crippen LogP contribution in [-0.4, -0.2) is 15.0 Å². The molecule has 0 saturated heterocycles. The summed E-state index contributed by atoms with van der Waals surface area (Å²) in [6.07, 6.45) is -3.25. The fourth-order valence-electron chi connectivity index (χ4n) is 2.62. The molecule has 0 unspecified atom stereocenters. The van der Waals surface area contributed by atoms with Crippen molar-refractivity contribution in [1.29, 1.82) is 0 Å². The van der Waals surface area contributed by atoms with E-state index in [-0.39, 0.29) is 12.2 Å². The molecule has 0 radical (unpaired) electrons. The number of aromatic nitrogens is 3. The van der Waals surface area contributed by atoms with Gasteiger partial charge in [-0.3, -0.25) is 0 Å². The van der Waals surface area contributed by atoms with Gasteiger partial charge < -0.3 is 0 Å². The normalized spacial score (nSPS) is 11.6. The van der Waals surface area contributed by atoms with Crippen molar-refractivity contribution in [2.75, 3.05) is 0 Å². The van der Waals surface area contributed by atoms with Crippen LogP contribution in [0.5, 0.6) is 0 Å². The van der Waals surface area contributed by atoms with Crippen LogP contribution in [0.4, 0.5) is 13.2 Å². The minimum Gasteiger partial charge on any atom is -0.240 e. The number of hydrogen-bond donors (Lipinski definition) is 0. The minimum absolute atomic E-state index is 0.122. The van der Waals surface area contributed by atoms with Gasteiger partial charge in [0.15, 0.2) is 5.69 Å². The highest BCUT2D eigenvalue weighted by molar-refractivity contribution is 5.61. The molecule has 1 heterocycles. The van der Waals surface area contributed by atoms with E-state index in [1.54, 1.807) is 30.3 Å². The van der Waals surface area contributed by atoms with Gasteiger partial charge in [0.05, 0.1) is 0 Å². The van der Waals surface area contributed by atoms with Gasteiger partial charge in [0, 0.05) is 12.1 Å². The average molecular weight is 331 g/mol. The quantitative estimate of drug-likeness (QED) is 0.684. The predicted octanol–water partition coefficient (Wildman–Crippen LogP) is 4.60. The van der Waals surface area contributed by atoms with Gasteiger partial charge in [-0.15, -0.1) is 5.10 Å². The third-order valence-electron chi connectivity index (χ3n) is 3.73. The van der Waals surface area contributed by atoms with Crippen LogP contribution in [0, 0.1) is 0 Å². The highest BCUT2D eigenvalue weighted by Gasteiger charge is 2.39. The first kappa shape index (κ1) is 16.2. The van der Waals surface area contributed by atoms with Crippen LogP contribution in [0.25, 0.3) is 11.3 Å². The molecule has 124 valence electrons. The molecular formula is C18H16F3N3. The fraction of sp³-hybridized carbons (Fsp3) is 0.222. The summed E-state index contributed by atoms with van der Waals surface area (Å²) in [6.45, 7) is 0.170. The number of hydrogen-bond acceptors (Lipinski definition) is 2. The molecule has 0 saturated carbocycles. The Labute approximate surface area is 137 Å². The zero-order valence-electron chi connectivity index (χ0n) is 12.9. The zero-order chi connectivity index (χ0) is 17.0. The van der Waals surface area contributed by atoms with E-state index in [2.05, 4.69) is 10.3 Å². The summed E-state index contributed by atoms with van der Waals surface area (Å²) in [6, 6.07) is 18.0. The molecule has 1 aromatic heterocycles. The number of nitrogens with zero attached hydrogens (tertiary/aromatic N) is 3. The van der Waals surface area contributed by atoms with E-state index >= 15 is 0 Å². The molecule has 0 fully saturated rings. The Hall–Kier alpha value is -2.63. The first-order valence-corrected chi connectivity index (χ1v) is 7.66. The highest BCUT2D eigenvalue weighted by atomic mass is 19.4. The van der Waals surface area contributed by atoms with Gasteiger partial charge in [-0.1, -0.05) is 65.9 Å². The van der Waals surface area contributed by atoms with Crippen LogP contribution < -0.4 is 0 Å². The Bertz CT molecular complexity index is 780. The van der Waals surface area contributed by atoms with Gasteiger partial charge in [-0.25, -0.2) is 4.68 Å². The summed E-state index contributed by atoms with van der Waals surface area (Å²) < 4.78 is 41.4. The molecule has 3 aromatic rings. The summed E-state index contributed by atoms with van der Waals surface area (Å²) in [5, 5.41) is 7.51. The topological polar surface area (TPSA) is 30.7 Å². The van der Waals surface area contributed by atoms with Crippen molar-refractivity contribution in [2.45, 2.75) is 25.6 Å². The zero-order valence-corrected chi connectivity index (χ0v) is 12.9. The van der Waals surface area contributed by atoms with Crippen molar-refractivity contribution in [2.24, 2.45) is 0 Å². The molecule has 0 aliphatic rings. The van der Waals surface area contributed by atoms with Gasteiger partial charge >= 0.3 is 6.18 Å². The van der Waals surface area contributed by atoms with Crippen molar-refractivity contribution < 1.29 is 13.2 Å². The molecule has 0 N–H and O–H groups in total. The summed E-state index contributed by atoms with van der Waals surface area (Å²) in [5.74, 6) is 0. The Morgan fingerprint density at radius 2 is 1.50 bits per heavy atom. The van der Waals surface area contributed by atoms with Crippen molar-refractivity contribution in [1.82, 2.24) is 15.0 Å². The van der Waals surface area contributed by atoms with Gasteiger partial charge in [-0.2, -0.15) is 13.2 Å². The van der Waals surface area contributed by atoms with Crippen LogP contribution in [0.2, 0.25) is 0 Å². The van der Waals surface area contributed by atoms with Gasteiger partial charge in [0.1, 0.15) is 5.69 Å². The smallest absolute Gasteiger partial charge is 0.240 e. The van der Waals surface area contributed by atoms with Crippen molar-refractivity contribution in [3.63, 3.8) is 0 Å². The second-order valence-electron chi connectivity index (χ2n) is 5.46. The monoisotopic (exact) mass is 331 g/mol. The lowest BCUT2D eigenvalue weighted by Crippen LogP contribution is -2.16. The molecule has 2 aromatic carbocycles. The van der Waals surface area contributed by atoms with Crippen LogP contribution in [0.3, 0.4) is 0 Å². The fourth-order valence-corrected chi connectivity index (χ4v) is 2.62. The standard InChI is InChI=1S/C18H16F3N3/c19-18(20,21)17-16(15-11-5-2-6-12-15)22-23-24(17)13-7-10-14-8-3-1-4-9-14/h1-6,8-9,11-12H,7,10,13H2. The van der Waals surface area contributed by atoms with E-state index < -0.39 is 11.9 Å². The molecule has 0 amide bonds. The Balaban J connectivity index is 1.82. The van der Waals surface area contributed by atoms with Crippen molar-refractivity contribution in [3.05, 3.63) is 71.9 Å². The molecule has 24 heavy (non-hydrogen) atoms. The lowest BCUT2D eigenvalue weighted by Gasteiger charge is -2.11. The SMILES string of the molecule is FC(F)(F)c1c(-c2ccccc2)nnn1CCCc1ccccc1. The Kier molecular flexibility index (Phi) is 4.64. The van der Waals surface area contributed by atoms with Crippen molar-refractivity contribution >= 4 is 0 Å².